The molecule has 2 rings (SSSR count). The quantitative estimate of drug-likeness (QED) is 0.682. The summed E-state index contributed by atoms with van der Waals surface area (Å²) in [4.78, 5) is 30.0. The van der Waals surface area contributed by atoms with Crippen molar-refractivity contribution in [3.8, 4) is 5.75 Å². The summed E-state index contributed by atoms with van der Waals surface area (Å²) >= 11 is 0. The maximum atomic E-state index is 10.9. The number of methoxy groups -OCH3 is 1. The number of fused-ring (bicyclic) bond motifs is 1. The summed E-state index contributed by atoms with van der Waals surface area (Å²) in [5.41, 5.74) is 1.22. The van der Waals surface area contributed by atoms with Crippen molar-refractivity contribution in [2.24, 2.45) is 0 Å². The maximum Gasteiger partial charge on any atom is 0.328 e. The highest BCUT2D eigenvalue weighted by molar-refractivity contribution is 5.89. The molecule has 2 aromatic carbocycles. The molecule has 26 heavy (non-hydrogen) atoms. The van der Waals surface area contributed by atoms with Crippen molar-refractivity contribution in [2.45, 2.75) is 13.3 Å². The molecule has 0 aliphatic heterocycles. The van der Waals surface area contributed by atoms with Crippen molar-refractivity contribution in [1.29, 1.82) is 0 Å². The Morgan fingerprint density at radius 3 is 2.27 bits per heavy atom. The minimum absolute atomic E-state index is 0.00724. The Balaban J connectivity index is 0.000000359. The number of hydrogen-bond donors (Lipinski definition) is 3. The van der Waals surface area contributed by atoms with Gasteiger partial charge in [-0.15, -0.1) is 0 Å². The second-order valence-corrected chi connectivity index (χ2v) is 5.25. The lowest BCUT2D eigenvalue weighted by molar-refractivity contribution is -0.134. The third-order valence-electron chi connectivity index (χ3n) is 3.32. The first-order valence-corrected chi connectivity index (χ1v) is 7.77. The van der Waals surface area contributed by atoms with Gasteiger partial charge < -0.3 is 20.3 Å². The van der Waals surface area contributed by atoms with E-state index in [9.17, 15) is 14.4 Å². The number of carboxylic acids is 2. The number of ether oxygens (including phenoxy) is 1. The number of aliphatic carboxylic acids is 2. The molecule has 0 bridgehead atoms. The Labute approximate surface area is 150 Å². The number of nitrogens with one attached hydrogen (secondary N) is 1. The Bertz CT molecular complexity index is 797. The minimum atomic E-state index is -1.26. The monoisotopic (exact) mass is 359 g/mol. The molecule has 0 aromatic heterocycles. The summed E-state index contributed by atoms with van der Waals surface area (Å²) in [6, 6.07) is 12.3. The molecule has 0 radical (unpaired) electrons. The van der Waals surface area contributed by atoms with E-state index in [0.717, 1.165) is 12.2 Å². The van der Waals surface area contributed by atoms with Gasteiger partial charge in [-0.2, -0.15) is 0 Å². The van der Waals surface area contributed by atoms with E-state index in [0.29, 0.717) is 18.7 Å². The van der Waals surface area contributed by atoms with Crippen LogP contribution in [-0.4, -0.2) is 41.7 Å². The highest BCUT2D eigenvalue weighted by atomic mass is 16.5. The topological polar surface area (TPSA) is 113 Å². The summed E-state index contributed by atoms with van der Waals surface area (Å²) in [6.45, 7) is 2.19. The highest BCUT2D eigenvalue weighted by Gasteiger charge is 2.03. The molecule has 0 heterocycles. The predicted octanol–water partition coefficient (Wildman–Crippen LogP) is 2.24. The lowest BCUT2D eigenvalue weighted by Crippen LogP contribution is -2.22. The summed E-state index contributed by atoms with van der Waals surface area (Å²) in [7, 11) is 1.67. The van der Waals surface area contributed by atoms with Crippen molar-refractivity contribution < 1.29 is 29.3 Å². The van der Waals surface area contributed by atoms with Crippen LogP contribution in [0.2, 0.25) is 0 Å². The van der Waals surface area contributed by atoms with Crippen molar-refractivity contribution in [1.82, 2.24) is 5.32 Å². The minimum Gasteiger partial charge on any atom is -0.497 e. The van der Waals surface area contributed by atoms with Crippen LogP contribution in [0.25, 0.3) is 10.8 Å². The van der Waals surface area contributed by atoms with Crippen LogP contribution in [0.5, 0.6) is 5.75 Å². The molecule has 0 fully saturated rings. The summed E-state index contributed by atoms with van der Waals surface area (Å²) < 4.78 is 5.25. The van der Waals surface area contributed by atoms with Crippen molar-refractivity contribution in [3.05, 3.63) is 54.1 Å². The fourth-order valence-electron chi connectivity index (χ4n) is 2.18. The molecule has 0 aliphatic carbocycles. The molecule has 2 aromatic rings. The Morgan fingerprint density at radius 2 is 1.73 bits per heavy atom. The first-order valence-electron chi connectivity index (χ1n) is 7.77. The van der Waals surface area contributed by atoms with E-state index in [-0.39, 0.29) is 5.91 Å². The number of rotatable bonds is 6. The van der Waals surface area contributed by atoms with Gasteiger partial charge in [0.1, 0.15) is 5.75 Å². The Kier molecular flexibility index (Phi) is 8.36. The van der Waals surface area contributed by atoms with Crippen LogP contribution in [0.15, 0.2) is 48.6 Å². The first-order chi connectivity index (χ1) is 12.3. The lowest BCUT2D eigenvalue weighted by atomic mass is 10.0. The fourth-order valence-corrected chi connectivity index (χ4v) is 2.18. The number of carboxylic acid groups (broad SMARTS) is 2. The Morgan fingerprint density at radius 1 is 1.08 bits per heavy atom. The standard InChI is InChI=1S/C15H17NO2.C4H4O4/c1-11(17)16-9-8-13-5-3-4-12-6-7-14(18-2)10-15(12)13;5-3(6)1-2-4(7)8/h3-7,10H,8-9H2,1-2H3,(H,16,17);1-2H,(H,5,6)(H,7,8)/b;2-1-. The van der Waals surface area contributed by atoms with Gasteiger partial charge in [-0.25, -0.2) is 9.59 Å². The third-order valence-corrected chi connectivity index (χ3v) is 3.32. The molecule has 0 aliphatic rings. The molecule has 3 N–H and O–H groups in total. The first kappa shape index (κ1) is 20.7. The van der Waals surface area contributed by atoms with Gasteiger partial charge in [0.15, 0.2) is 0 Å². The van der Waals surface area contributed by atoms with Gasteiger partial charge in [0.2, 0.25) is 5.91 Å². The van der Waals surface area contributed by atoms with Crippen LogP contribution >= 0.6 is 0 Å². The zero-order chi connectivity index (χ0) is 19.5. The second-order valence-electron chi connectivity index (χ2n) is 5.25. The average Bonchev–Trinajstić information content (AvgIpc) is 2.60. The molecule has 7 nitrogen and oxygen atoms in total. The third kappa shape index (κ3) is 7.48. The number of amides is 1. The summed E-state index contributed by atoms with van der Waals surface area (Å²) in [5, 5.41) is 20.8. The smallest absolute Gasteiger partial charge is 0.328 e. The molecule has 0 spiro atoms. The van der Waals surface area contributed by atoms with Gasteiger partial charge in [0, 0.05) is 25.6 Å². The van der Waals surface area contributed by atoms with Crippen molar-refractivity contribution >= 4 is 28.6 Å². The fraction of sp³-hybridized carbons (Fsp3) is 0.211. The Hall–Kier alpha value is -3.35. The second kappa shape index (κ2) is 10.5. The van der Waals surface area contributed by atoms with E-state index in [4.69, 9.17) is 14.9 Å². The number of carbonyl (C=O) groups excluding carboxylic acids is 1. The molecular weight excluding hydrogens is 338 g/mol. The molecule has 138 valence electrons. The zero-order valence-corrected chi connectivity index (χ0v) is 14.6. The lowest BCUT2D eigenvalue weighted by Gasteiger charge is -2.08. The van der Waals surface area contributed by atoms with E-state index >= 15 is 0 Å². The van der Waals surface area contributed by atoms with Gasteiger partial charge >= 0.3 is 11.9 Å². The van der Waals surface area contributed by atoms with E-state index < -0.39 is 11.9 Å². The zero-order valence-electron chi connectivity index (χ0n) is 14.6. The van der Waals surface area contributed by atoms with Crippen LogP contribution in [0, 0.1) is 0 Å². The number of benzene rings is 2. The molecule has 0 saturated carbocycles. The van der Waals surface area contributed by atoms with Gasteiger partial charge in [0.05, 0.1) is 7.11 Å². The summed E-state index contributed by atoms with van der Waals surface area (Å²) in [6.07, 6.45) is 1.94. The highest BCUT2D eigenvalue weighted by Crippen LogP contribution is 2.24. The van der Waals surface area contributed by atoms with Crippen LogP contribution in [0.4, 0.5) is 0 Å². The average molecular weight is 359 g/mol. The van der Waals surface area contributed by atoms with Gasteiger partial charge in [-0.1, -0.05) is 24.3 Å². The SMILES string of the molecule is COc1ccc2cccc(CCNC(C)=O)c2c1.O=C(O)/C=C\C(=O)O. The normalized spacial score (nSPS) is 10.1. The van der Waals surface area contributed by atoms with E-state index in [2.05, 4.69) is 23.5 Å². The van der Waals surface area contributed by atoms with Crippen LogP contribution in [0.1, 0.15) is 12.5 Å². The largest absolute Gasteiger partial charge is 0.497 e. The van der Waals surface area contributed by atoms with Crippen LogP contribution in [-0.2, 0) is 20.8 Å². The molecule has 0 saturated heterocycles. The van der Waals surface area contributed by atoms with E-state index in [1.807, 2.05) is 18.2 Å². The molecule has 7 heteroatoms. The number of hydrogen-bond acceptors (Lipinski definition) is 4. The molecule has 0 atom stereocenters. The van der Waals surface area contributed by atoms with E-state index in [1.165, 1.54) is 23.3 Å². The van der Waals surface area contributed by atoms with Gasteiger partial charge in [0.25, 0.3) is 0 Å². The van der Waals surface area contributed by atoms with Crippen molar-refractivity contribution in [2.75, 3.05) is 13.7 Å². The van der Waals surface area contributed by atoms with Crippen LogP contribution < -0.4 is 10.1 Å². The van der Waals surface area contributed by atoms with Gasteiger partial charge in [-0.3, -0.25) is 4.79 Å². The number of carbonyl (C=O) groups is 3. The molecule has 1 amide bonds. The summed E-state index contributed by atoms with van der Waals surface area (Å²) in [5.74, 6) is -1.65. The van der Waals surface area contributed by atoms with Crippen molar-refractivity contribution in [3.63, 3.8) is 0 Å². The maximum absolute atomic E-state index is 10.9. The van der Waals surface area contributed by atoms with Gasteiger partial charge in [-0.05, 0) is 34.9 Å². The van der Waals surface area contributed by atoms with E-state index in [1.54, 1.807) is 7.11 Å². The van der Waals surface area contributed by atoms with Crippen LogP contribution in [0.3, 0.4) is 0 Å². The predicted molar refractivity (Wildman–Crippen MR) is 97.3 cm³/mol. The molecular formula is C19H21NO6. The molecule has 0 unspecified atom stereocenters.